The third-order valence-electron chi connectivity index (χ3n) is 7.09. The van der Waals surface area contributed by atoms with Crippen LogP contribution in [-0.4, -0.2) is 6.36 Å². The molecule has 8 heteroatoms. The Bertz CT molecular complexity index is 1070. The van der Waals surface area contributed by atoms with Crippen molar-refractivity contribution in [2.75, 3.05) is 0 Å². The first-order chi connectivity index (χ1) is 16.1. The van der Waals surface area contributed by atoms with Gasteiger partial charge in [-0.1, -0.05) is 12.2 Å². The second kappa shape index (κ2) is 9.62. The predicted molar refractivity (Wildman–Crippen MR) is 114 cm³/mol. The van der Waals surface area contributed by atoms with Gasteiger partial charge in [0.15, 0.2) is 11.6 Å². The van der Waals surface area contributed by atoms with Crippen molar-refractivity contribution in [3.63, 3.8) is 0 Å². The average Bonchev–Trinajstić information content (AvgIpc) is 2.75. The van der Waals surface area contributed by atoms with Gasteiger partial charge in [0.25, 0.3) is 0 Å². The molecule has 0 saturated heterocycles. The van der Waals surface area contributed by atoms with Crippen molar-refractivity contribution in [3.8, 4) is 16.9 Å². The first kappa shape index (κ1) is 24.6. The van der Waals surface area contributed by atoms with Crippen LogP contribution in [0.15, 0.2) is 30.4 Å². The maximum atomic E-state index is 15.5. The number of allylic oxidation sites excluding steroid dienone is 2. The Labute approximate surface area is 193 Å². The predicted octanol–water partition coefficient (Wildman–Crippen LogP) is 8.61. The molecule has 0 radical (unpaired) electrons. The number of hydrogen-bond donors (Lipinski definition) is 0. The van der Waals surface area contributed by atoms with Crippen LogP contribution in [0.4, 0.5) is 30.7 Å². The van der Waals surface area contributed by atoms with E-state index in [-0.39, 0.29) is 5.92 Å². The lowest BCUT2D eigenvalue weighted by Gasteiger charge is -2.41. The van der Waals surface area contributed by atoms with Crippen LogP contribution in [0.3, 0.4) is 0 Å². The molecule has 184 valence electrons. The fraction of sp³-hybridized carbons (Fsp3) is 0.462. The van der Waals surface area contributed by atoms with Crippen LogP contribution in [0, 0.1) is 35.1 Å². The second-order valence-electron chi connectivity index (χ2n) is 9.16. The molecule has 2 aliphatic carbocycles. The molecule has 0 amide bonds. The van der Waals surface area contributed by atoms with Gasteiger partial charge in [0.1, 0.15) is 11.6 Å². The highest BCUT2D eigenvalue weighted by atomic mass is 19.4. The van der Waals surface area contributed by atoms with E-state index in [4.69, 9.17) is 0 Å². The van der Waals surface area contributed by atoms with Crippen molar-refractivity contribution in [1.82, 2.24) is 0 Å². The zero-order valence-electron chi connectivity index (χ0n) is 18.6. The smallest absolute Gasteiger partial charge is 0.399 e. The summed E-state index contributed by atoms with van der Waals surface area (Å²) in [6, 6.07) is 2.15. The first-order valence-corrected chi connectivity index (χ1v) is 11.5. The van der Waals surface area contributed by atoms with Crippen molar-refractivity contribution in [3.05, 3.63) is 64.7 Å². The number of hydrogen-bond acceptors (Lipinski definition) is 1. The Morgan fingerprint density at radius 1 is 0.971 bits per heavy atom. The van der Waals surface area contributed by atoms with Gasteiger partial charge in [-0.05, 0) is 105 Å². The van der Waals surface area contributed by atoms with E-state index in [2.05, 4.69) is 10.8 Å². The maximum Gasteiger partial charge on any atom is 0.573 e. The third kappa shape index (κ3) is 4.96. The zero-order chi connectivity index (χ0) is 24.6. The first-order valence-electron chi connectivity index (χ1n) is 11.5. The van der Waals surface area contributed by atoms with E-state index in [9.17, 15) is 22.0 Å². The summed E-state index contributed by atoms with van der Waals surface area (Å²) in [6.45, 7) is 1.99. The Morgan fingerprint density at radius 2 is 1.68 bits per heavy atom. The molecule has 1 fully saturated rings. The average molecular weight is 486 g/mol. The Morgan fingerprint density at radius 3 is 2.32 bits per heavy atom. The van der Waals surface area contributed by atoms with Gasteiger partial charge in [0.05, 0.1) is 5.56 Å². The topological polar surface area (TPSA) is 9.23 Å². The number of fused-ring (bicyclic) bond motifs is 3. The number of ether oxygens (including phenoxy) is 1. The normalized spacial score (nSPS) is 22.5. The van der Waals surface area contributed by atoms with Crippen LogP contribution < -0.4 is 4.74 Å². The van der Waals surface area contributed by atoms with Crippen LogP contribution in [-0.2, 0) is 6.42 Å². The van der Waals surface area contributed by atoms with Crippen LogP contribution in [0.2, 0.25) is 0 Å². The molecular formula is C26H25F7O. The molecule has 3 unspecified atom stereocenters. The van der Waals surface area contributed by atoms with Gasteiger partial charge in [-0.2, -0.15) is 0 Å². The molecule has 4 rings (SSSR count). The van der Waals surface area contributed by atoms with Crippen LogP contribution in [0.25, 0.3) is 11.1 Å². The summed E-state index contributed by atoms with van der Waals surface area (Å²) < 4.78 is 99.5. The van der Waals surface area contributed by atoms with E-state index >= 15 is 8.78 Å². The molecule has 0 N–H and O–H groups in total. The van der Waals surface area contributed by atoms with Crippen molar-refractivity contribution < 1.29 is 35.5 Å². The summed E-state index contributed by atoms with van der Waals surface area (Å²) in [5, 5.41) is 0. The van der Waals surface area contributed by atoms with Crippen molar-refractivity contribution in [2.45, 2.75) is 64.1 Å². The van der Waals surface area contributed by atoms with Gasteiger partial charge >= 0.3 is 6.36 Å². The summed E-state index contributed by atoms with van der Waals surface area (Å²) in [5.41, 5.74) is -0.243. The third-order valence-corrected chi connectivity index (χ3v) is 7.09. The van der Waals surface area contributed by atoms with Crippen molar-refractivity contribution in [1.29, 1.82) is 0 Å². The van der Waals surface area contributed by atoms with Crippen LogP contribution >= 0.6 is 0 Å². The summed E-state index contributed by atoms with van der Waals surface area (Å²) in [4.78, 5) is 0. The molecule has 1 nitrogen and oxygen atoms in total. The minimum atomic E-state index is -5.31. The fourth-order valence-electron chi connectivity index (χ4n) is 5.63. The number of rotatable bonds is 5. The van der Waals surface area contributed by atoms with Gasteiger partial charge in [0, 0.05) is 0 Å². The molecular weight excluding hydrogens is 461 g/mol. The van der Waals surface area contributed by atoms with Gasteiger partial charge in [0.2, 0.25) is 5.75 Å². The summed E-state index contributed by atoms with van der Waals surface area (Å²) in [6.07, 6.45) is 4.87. The van der Waals surface area contributed by atoms with Gasteiger partial charge in [-0.25, -0.2) is 17.6 Å². The van der Waals surface area contributed by atoms with Gasteiger partial charge in [-0.3, -0.25) is 0 Å². The lowest BCUT2D eigenvalue weighted by Crippen LogP contribution is -2.29. The summed E-state index contributed by atoms with van der Waals surface area (Å²) in [7, 11) is 0. The largest absolute Gasteiger partial charge is 0.573 e. The SMILES string of the molecule is CC=CCCC1CCC2c3cc(F)c(-c4cc(F)c(OC(F)(F)F)c(F)c4)c(F)c3CCC2C1. The molecule has 0 bridgehead atoms. The molecule has 34 heavy (non-hydrogen) atoms. The molecule has 1 saturated carbocycles. The minimum absolute atomic E-state index is 0.0239. The Hall–Kier alpha value is -2.51. The van der Waals surface area contributed by atoms with Crippen LogP contribution in [0.5, 0.6) is 5.75 Å². The van der Waals surface area contributed by atoms with E-state index < -0.39 is 46.5 Å². The number of alkyl halides is 3. The highest BCUT2D eigenvalue weighted by Crippen LogP contribution is 2.50. The van der Waals surface area contributed by atoms with Gasteiger partial charge in [-0.15, -0.1) is 13.2 Å². The van der Waals surface area contributed by atoms with E-state index in [1.165, 1.54) is 6.07 Å². The lowest BCUT2D eigenvalue weighted by molar-refractivity contribution is -0.276. The van der Waals surface area contributed by atoms with E-state index in [1.807, 2.05) is 13.0 Å². The van der Waals surface area contributed by atoms with Crippen molar-refractivity contribution in [2.24, 2.45) is 11.8 Å². The summed E-state index contributed by atoms with van der Waals surface area (Å²) >= 11 is 0. The monoisotopic (exact) mass is 486 g/mol. The molecule has 0 spiro atoms. The zero-order valence-corrected chi connectivity index (χ0v) is 18.6. The summed E-state index contributed by atoms with van der Waals surface area (Å²) in [5.74, 6) is -6.02. The number of halogens is 7. The molecule has 0 heterocycles. The Kier molecular flexibility index (Phi) is 6.97. The fourth-order valence-corrected chi connectivity index (χ4v) is 5.63. The van der Waals surface area contributed by atoms with Crippen molar-refractivity contribution >= 4 is 0 Å². The van der Waals surface area contributed by atoms with Gasteiger partial charge < -0.3 is 4.74 Å². The highest BCUT2D eigenvalue weighted by molar-refractivity contribution is 5.68. The molecule has 3 atom stereocenters. The Balaban J connectivity index is 1.64. The second-order valence-corrected chi connectivity index (χ2v) is 9.16. The van der Waals surface area contributed by atoms with E-state index in [1.54, 1.807) is 0 Å². The number of benzene rings is 2. The maximum absolute atomic E-state index is 15.5. The van der Waals surface area contributed by atoms with Crippen LogP contribution in [0.1, 0.15) is 62.5 Å². The molecule has 2 aromatic carbocycles. The lowest BCUT2D eigenvalue weighted by atomic mass is 9.64. The molecule has 2 aromatic rings. The highest BCUT2D eigenvalue weighted by Gasteiger charge is 2.38. The standard InChI is InChI=1S/C26H25F7O/c1-2-3-4-5-14-6-8-17-15(10-14)7-9-18-19(17)13-20(27)23(24(18)30)16-11-21(28)25(22(29)12-16)34-26(31,32)33/h2-3,11-15,17H,4-10H2,1H3. The van der Waals surface area contributed by atoms with E-state index in [0.717, 1.165) is 38.5 Å². The molecule has 2 aliphatic rings. The quantitative estimate of drug-likeness (QED) is 0.304. The molecule has 0 aliphatic heterocycles. The minimum Gasteiger partial charge on any atom is -0.399 e. The molecule has 0 aromatic heterocycles. The van der Waals surface area contributed by atoms with E-state index in [0.29, 0.717) is 41.5 Å².